The number of hydrogen-bond donors (Lipinski definition) is 1. The van der Waals surface area contributed by atoms with Crippen LogP contribution in [0, 0.1) is 0 Å². The van der Waals surface area contributed by atoms with Gasteiger partial charge in [0.05, 0.1) is 0 Å². The molecule has 0 unspecified atom stereocenters. The van der Waals surface area contributed by atoms with E-state index in [0.717, 1.165) is 16.3 Å². The van der Waals surface area contributed by atoms with Crippen molar-refractivity contribution >= 4 is 16.7 Å². The van der Waals surface area contributed by atoms with Gasteiger partial charge >= 0.3 is 0 Å². The third kappa shape index (κ3) is 2.13. The van der Waals surface area contributed by atoms with Gasteiger partial charge in [0, 0.05) is 24.2 Å². The van der Waals surface area contributed by atoms with Gasteiger partial charge in [0.2, 0.25) is 5.91 Å². The van der Waals surface area contributed by atoms with Crippen LogP contribution in [-0.2, 0) is 11.2 Å². The summed E-state index contributed by atoms with van der Waals surface area (Å²) in [5, 5.41) is 2.24. The lowest BCUT2D eigenvalue weighted by Crippen LogP contribution is -2.11. The molecule has 0 saturated heterocycles. The molecule has 2 rings (SSSR count). The molecule has 3 heteroatoms. The summed E-state index contributed by atoms with van der Waals surface area (Å²) < 4.78 is 0. The molecule has 1 aromatic heterocycles. The zero-order chi connectivity index (χ0) is 10.7. The predicted octanol–water partition coefficient (Wildman–Crippen LogP) is 1.65. The molecular formula is C12H12N2O. The summed E-state index contributed by atoms with van der Waals surface area (Å²) in [7, 11) is 0. The molecule has 2 N–H and O–H groups in total. The molecule has 0 aliphatic heterocycles. The fourth-order valence-corrected chi connectivity index (χ4v) is 1.64. The molecule has 15 heavy (non-hydrogen) atoms. The van der Waals surface area contributed by atoms with Crippen LogP contribution in [0.3, 0.4) is 0 Å². The van der Waals surface area contributed by atoms with Crippen LogP contribution in [0.2, 0.25) is 0 Å². The van der Waals surface area contributed by atoms with E-state index < -0.39 is 0 Å². The van der Waals surface area contributed by atoms with E-state index in [1.807, 2.05) is 30.5 Å². The first-order valence-electron chi connectivity index (χ1n) is 4.87. The van der Waals surface area contributed by atoms with Gasteiger partial charge in [-0.25, -0.2) is 0 Å². The smallest absolute Gasteiger partial charge is 0.217 e. The Hall–Kier alpha value is -1.90. The lowest BCUT2D eigenvalue weighted by atomic mass is 10.0. The number of aromatic nitrogens is 1. The number of amides is 1. The molecule has 0 bridgehead atoms. The van der Waals surface area contributed by atoms with E-state index in [9.17, 15) is 4.79 Å². The Balaban J connectivity index is 2.38. The standard InChI is InChI=1S/C12H12N2O/c13-12(15)6-5-10-8-14-7-9-3-1-2-4-11(9)10/h1-4,7-8H,5-6H2,(H2,13,15). The molecule has 0 saturated carbocycles. The second-order valence-electron chi connectivity index (χ2n) is 3.49. The highest BCUT2D eigenvalue weighted by atomic mass is 16.1. The Morgan fingerprint density at radius 2 is 2.07 bits per heavy atom. The first kappa shape index (κ1) is 9.65. The molecule has 0 aliphatic rings. The fourth-order valence-electron chi connectivity index (χ4n) is 1.64. The zero-order valence-electron chi connectivity index (χ0n) is 8.31. The largest absolute Gasteiger partial charge is 0.370 e. The van der Waals surface area contributed by atoms with Crippen LogP contribution in [-0.4, -0.2) is 10.9 Å². The van der Waals surface area contributed by atoms with Crippen LogP contribution in [0.5, 0.6) is 0 Å². The van der Waals surface area contributed by atoms with Gasteiger partial charge in [0.25, 0.3) is 0 Å². The van der Waals surface area contributed by atoms with Crippen molar-refractivity contribution in [2.24, 2.45) is 5.73 Å². The number of pyridine rings is 1. The summed E-state index contributed by atoms with van der Waals surface area (Å²) in [6.07, 6.45) is 4.65. The number of hydrogen-bond acceptors (Lipinski definition) is 2. The van der Waals surface area contributed by atoms with E-state index >= 15 is 0 Å². The molecule has 0 spiro atoms. The number of carbonyl (C=O) groups is 1. The lowest BCUT2D eigenvalue weighted by molar-refractivity contribution is -0.117. The minimum Gasteiger partial charge on any atom is -0.370 e. The maximum absolute atomic E-state index is 10.7. The van der Waals surface area contributed by atoms with Gasteiger partial charge in [0.15, 0.2) is 0 Å². The zero-order valence-corrected chi connectivity index (χ0v) is 8.31. The molecule has 1 aromatic carbocycles. The highest BCUT2D eigenvalue weighted by Crippen LogP contribution is 2.17. The fraction of sp³-hybridized carbons (Fsp3) is 0.167. The average Bonchev–Trinajstić information content (AvgIpc) is 2.26. The minimum absolute atomic E-state index is 0.275. The summed E-state index contributed by atoms with van der Waals surface area (Å²) in [6, 6.07) is 8.00. The minimum atomic E-state index is -0.275. The average molecular weight is 200 g/mol. The summed E-state index contributed by atoms with van der Waals surface area (Å²) in [5.74, 6) is -0.275. The number of fused-ring (bicyclic) bond motifs is 1. The summed E-state index contributed by atoms with van der Waals surface area (Å²) in [6.45, 7) is 0. The van der Waals surface area contributed by atoms with Crippen molar-refractivity contribution in [1.82, 2.24) is 4.98 Å². The number of rotatable bonds is 3. The highest BCUT2D eigenvalue weighted by molar-refractivity contribution is 5.85. The molecule has 1 amide bonds. The number of carbonyl (C=O) groups excluding carboxylic acids is 1. The number of nitrogens with zero attached hydrogens (tertiary/aromatic N) is 1. The monoisotopic (exact) mass is 200 g/mol. The number of aryl methyl sites for hydroxylation is 1. The Morgan fingerprint density at radius 3 is 2.87 bits per heavy atom. The van der Waals surface area contributed by atoms with Crippen molar-refractivity contribution in [3.63, 3.8) is 0 Å². The molecule has 2 aromatic rings. The van der Waals surface area contributed by atoms with Crippen molar-refractivity contribution in [2.45, 2.75) is 12.8 Å². The first-order valence-corrected chi connectivity index (χ1v) is 4.87. The summed E-state index contributed by atoms with van der Waals surface area (Å²) in [4.78, 5) is 14.8. The topological polar surface area (TPSA) is 56.0 Å². The molecule has 0 atom stereocenters. The maximum atomic E-state index is 10.7. The molecular weight excluding hydrogens is 188 g/mol. The van der Waals surface area contributed by atoms with Gasteiger partial charge in [-0.05, 0) is 17.4 Å². The van der Waals surface area contributed by atoms with E-state index in [1.54, 1.807) is 6.20 Å². The Labute approximate surface area is 87.9 Å². The molecule has 0 aliphatic carbocycles. The lowest BCUT2D eigenvalue weighted by Gasteiger charge is -2.03. The van der Waals surface area contributed by atoms with E-state index in [4.69, 9.17) is 5.73 Å². The van der Waals surface area contributed by atoms with E-state index in [-0.39, 0.29) is 5.91 Å². The first-order chi connectivity index (χ1) is 7.27. The molecule has 0 radical (unpaired) electrons. The molecule has 1 heterocycles. The number of primary amides is 1. The van der Waals surface area contributed by atoms with Gasteiger partial charge < -0.3 is 5.73 Å². The molecule has 76 valence electrons. The number of benzene rings is 1. The summed E-state index contributed by atoms with van der Waals surface area (Å²) >= 11 is 0. The normalized spacial score (nSPS) is 10.4. The van der Waals surface area contributed by atoms with Crippen LogP contribution < -0.4 is 5.73 Å². The van der Waals surface area contributed by atoms with E-state index in [2.05, 4.69) is 4.98 Å². The third-order valence-electron chi connectivity index (χ3n) is 2.39. The Bertz CT molecular complexity index is 488. The molecule has 0 fully saturated rings. The quantitative estimate of drug-likeness (QED) is 0.819. The van der Waals surface area contributed by atoms with Crippen molar-refractivity contribution in [1.29, 1.82) is 0 Å². The van der Waals surface area contributed by atoms with Gasteiger partial charge in [0.1, 0.15) is 0 Å². The highest BCUT2D eigenvalue weighted by Gasteiger charge is 2.02. The van der Waals surface area contributed by atoms with E-state index in [1.165, 1.54) is 0 Å². The van der Waals surface area contributed by atoms with Gasteiger partial charge in [-0.3, -0.25) is 9.78 Å². The Morgan fingerprint density at radius 1 is 1.27 bits per heavy atom. The van der Waals surface area contributed by atoms with Crippen molar-refractivity contribution in [3.8, 4) is 0 Å². The number of nitrogens with two attached hydrogens (primary N) is 1. The van der Waals surface area contributed by atoms with Crippen molar-refractivity contribution in [2.75, 3.05) is 0 Å². The van der Waals surface area contributed by atoms with Crippen LogP contribution in [0.1, 0.15) is 12.0 Å². The van der Waals surface area contributed by atoms with Gasteiger partial charge in [-0.1, -0.05) is 24.3 Å². The second-order valence-corrected chi connectivity index (χ2v) is 3.49. The van der Waals surface area contributed by atoms with Crippen molar-refractivity contribution < 1.29 is 4.79 Å². The third-order valence-corrected chi connectivity index (χ3v) is 2.39. The van der Waals surface area contributed by atoms with Crippen LogP contribution >= 0.6 is 0 Å². The predicted molar refractivity (Wildman–Crippen MR) is 59.3 cm³/mol. The van der Waals surface area contributed by atoms with Gasteiger partial charge in [-0.15, -0.1) is 0 Å². The van der Waals surface area contributed by atoms with Gasteiger partial charge in [-0.2, -0.15) is 0 Å². The van der Waals surface area contributed by atoms with Crippen LogP contribution in [0.25, 0.3) is 10.8 Å². The van der Waals surface area contributed by atoms with E-state index in [0.29, 0.717) is 12.8 Å². The van der Waals surface area contributed by atoms with Crippen LogP contribution in [0.4, 0.5) is 0 Å². The second kappa shape index (κ2) is 4.09. The SMILES string of the molecule is NC(=O)CCc1cncc2ccccc12. The molecule has 3 nitrogen and oxygen atoms in total. The van der Waals surface area contributed by atoms with Crippen molar-refractivity contribution in [3.05, 3.63) is 42.2 Å². The Kier molecular flexibility index (Phi) is 2.63. The summed E-state index contributed by atoms with van der Waals surface area (Å²) in [5.41, 5.74) is 6.20. The maximum Gasteiger partial charge on any atom is 0.217 e. The van der Waals surface area contributed by atoms with Crippen LogP contribution in [0.15, 0.2) is 36.7 Å².